The summed E-state index contributed by atoms with van der Waals surface area (Å²) in [5, 5.41) is 0. The predicted molar refractivity (Wildman–Crippen MR) is 91.3 cm³/mol. The minimum Gasteiger partial charge on any atom is -0.490 e. The van der Waals surface area contributed by atoms with Crippen molar-refractivity contribution < 1.29 is 27.8 Å². The summed E-state index contributed by atoms with van der Waals surface area (Å²) in [6, 6.07) is 13.4. The number of ether oxygens (including phenoxy) is 3. The highest BCUT2D eigenvalue weighted by Gasteiger charge is 2.24. The second-order valence-corrected chi connectivity index (χ2v) is 5.22. The molecule has 0 N–H and O–H groups in total. The quantitative estimate of drug-likeness (QED) is 0.577. The third-order valence-electron chi connectivity index (χ3n) is 3.43. The topological polar surface area (TPSA) is 57.1 Å². The van der Waals surface area contributed by atoms with E-state index in [-0.39, 0.29) is 29.7 Å². The number of hydrogen-bond acceptors (Lipinski definition) is 5. The monoisotopic (exact) mass is 359 g/mol. The number of halogens is 2. The molecule has 5 nitrogen and oxygen atoms in total. The number of rotatable bonds is 6. The molecule has 26 heavy (non-hydrogen) atoms. The maximum absolute atomic E-state index is 12.5. The number of carbonyl (C=O) groups excluding carboxylic acids is 1. The molecule has 1 aliphatic rings. The summed E-state index contributed by atoms with van der Waals surface area (Å²) in [6.07, 6.45) is 1.49. The van der Waals surface area contributed by atoms with Crippen LogP contribution in [0.2, 0.25) is 0 Å². The van der Waals surface area contributed by atoms with Crippen LogP contribution in [0.3, 0.4) is 0 Å². The molecule has 0 radical (unpaired) electrons. The minimum atomic E-state index is -2.96. The van der Waals surface area contributed by atoms with Crippen LogP contribution >= 0.6 is 0 Å². The van der Waals surface area contributed by atoms with Crippen LogP contribution in [0.25, 0.3) is 6.08 Å². The number of carbonyl (C=O) groups is 1. The van der Waals surface area contributed by atoms with E-state index in [0.29, 0.717) is 11.1 Å². The maximum Gasteiger partial charge on any atom is 0.387 e. The van der Waals surface area contributed by atoms with Crippen molar-refractivity contribution in [2.75, 3.05) is 6.61 Å². The lowest BCUT2D eigenvalue weighted by Crippen LogP contribution is -2.05. The lowest BCUT2D eigenvalue weighted by atomic mass is 10.1. The molecule has 0 amide bonds. The van der Waals surface area contributed by atoms with Gasteiger partial charge in [0.1, 0.15) is 0 Å². The summed E-state index contributed by atoms with van der Waals surface area (Å²) in [7, 11) is 0. The van der Waals surface area contributed by atoms with E-state index in [0.717, 1.165) is 0 Å². The van der Waals surface area contributed by atoms with Gasteiger partial charge < -0.3 is 14.2 Å². The third-order valence-corrected chi connectivity index (χ3v) is 3.43. The fraction of sp³-hybridized carbons (Fsp3) is 0.158. The van der Waals surface area contributed by atoms with Gasteiger partial charge >= 0.3 is 12.6 Å². The van der Waals surface area contributed by atoms with Crippen molar-refractivity contribution in [1.82, 2.24) is 0 Å². The number of nitrogens with zero attached hydrogens (tertiary/aromatic N) is 1. The Morgan fingerprint density at radius 1 is 1.15 bits per heavy atom. The van der Waals surface area contributed by atoms with Crippen molar-refractivity contribution >= 4 is 17.9 Å². The highest BCUT2D eigenvalue weighted by Crippen LogP contribution is 2.31. The molecular formula is C19H15F2NO4. The lowest BCUT2D eigenvalue weighted by Gasteiger charge is -2.11. The molecule has 0 aliphatic carbocycles. The molecule has 0 spiro atoms. The van der Waals surface area contributed by atoms with E-state index in [9.17, 15) is 13.6 Å². The second-order valence-electron chi connectivity index (χ2n) is 5.22. The second kappa shape index (κ2) is 7.77. The van der Waals surface area contributed by atoms with Crippen LogP contribution < -0.4 is 9.47 Å². The Kier molecular flexibility index (Phi) is 5.26. The largest absolute Gasteiger partial charge is 0.490 e. The maximum atomic E-state index is 12.5. The fourth-order valence-corrected chi connectivity index (χ4v) is 2.35. The Bertz CT molecular complexity index is 863. The first-order chi connectivity index (χ1) is 12.6. The first-order valence-corrected chi connectivity index (χ1v) is 7.86. The smallest absolute Gasteiger partial charge is 0.387 e. The first-order valence-electron chi connectivity index (χ1n) is 7.86. The summed E-state index contributed by atoms with van der Waals surface area (Å²) in [5.74, 6) is -0.300. The molecule has 3 rings (SSSR count). The molecule has 0 saturated heterocycles. The summed E-state index contributed by atoms with van der Waals surface area (Å²) in [6.45, 7) is -0.957. The van der Waals surface area contributed by atoms with Crippen LogP contribution in [0, 0.1) is 0 Å². The summed E-state index contributed by atoms with van der Waals surface area (Å²) < 4.78 is 39.8. The SMILES string of the molecule is CCOc1cc(/C=C2\N=C(c3ccccc3)OC2=O)ccc1OC(F)F. The Labute approximate surface area is 148 Å². The van der Waals surface area contributed by atoms with E-state index in [4.69, 9.17) is 9.47 Å². The zero-order valence-electron chi connectivity index (χ0n) is 13.8. The molecule has 0 unspecified atom stereocenters. The van der Waals surface area contributed by atoms with Gasteiger partial charge in [0.15, 0.2) is 17.2 Å². The van der Waals surface area contributed by atoms with Crippen molar-refractivity contribution in [2.45, 2.75) is 13.5 Å². The van der Waals surface area contributed by atoms with Gasteiger partial charge in [-0.3, -0.25) is 0 Å². The van der Waals surface area contributed by atoms with Crippen LogP contribution in [0.4, 0.5) is 8.78 Å². The van der Waals surface area contributed by atoms with Crippen molar-refractivity contribution in [1.29, 1.82) is 0 Å². The van der Waals surface area contributed by atoms with Crippen LogP contribution in [-0.4, -0.2) is 25.1 Å². The van der Waals surface area contributed by atoms with Gasteiger partial charge in [0, 0.05) is 5.56 Å². The van der Waals surface area contributed by atoms with Crippen molar-refractivity contribution in [3.63, 3.8) is 0 Å². The third kappa shape index (κ3) is 4.05. The molecule has 1 heterocycles. The standard InChI is InChI=1S/C19H15F2NO4/c1-2-24-16-11-12(8-9-15(16)25-19(20)21)10-14-18(23)26-17(22-14)13-6-4-3-5-7-13/h3-11,19H,2H2,1H3/b14-10-. The molecule has 0 atom stereocenters. The van der Waals surface area contributed by atoms with Crippen LogP contribution in [-0.2, 0) is 9.53 Å². The number of esters is 1. The molecule has 0 bridgehead atoms. The van der Waals surface area contributed by atoms with Crippen molar-refractivity contribution in [3.8, 4) is 11.5 Å². The van der Waals surface area contributed by atoms with E-state index in [1.54, 1.807) is 19.1 Å². The number of alkyl halides is 2. The fourth-order valence-electron chi connectivity index (χ4n) is 2.35. The average Bonchev–Trinajstić information content (AvgIpc) is 2.98. The predicted octanol–water partition coefficient (Wildman–Crippen LogP) is 4.03. The van der Waals surface area contributed by atoms with Crippen LogP contribution in [0.15, 0.2) is 59.2 Å². The van der Waals surface area contributed by atoms with Gasteiger partial charge in [-0.15, -0.1) is 0 Å². The molecule has 0 fully saturated rings. The molecule has 7 heteroatoms. The molecule has 134 valence electrons. The minimum absolute atomic E-state index is 0.0773. The van der Waals surface area contributed by atoms with E-state index >= 15 is 0 Å². The number of aliphatic imine (C=N–C) groups is 1. The number of hydrogen-bond donors (Lipinski definition) is 0. The van der Waals surface area contributed by atoms with E-state index in [1.165, 1.54) is 24.3 Å². The molecule has 0 saturated carbocycles. The Morgan fingerprint density at radius 3 is 2.62 bits per heavy atom. The van der Waals surface area contributed by atoms with Crippen LogP contribution in [0.1, 0.15) is 18.1 Å². The Hall–Kier alpha value is -3.22. The number of benzene rings is 2. The van der Waals surface area contributed by atoms with Gasteiger partial charge in [-0.05, 0) is 42.8 Å². The van der Waals surface area contributed by atoms with Gasteiger partial charge in [-0.25, -0.2) is 9.79 Å². The van der Waals surface area contributed by atoms with E-state index < -0.39 is 12.6 Å². The van der Waals surface area contributed by atoms with Crippen LogP contribution in [0.5, 0.6) is 11.5 Å². The number of cyclic esters (lactones) is 1. The van der Waals surface area contributed by atoms with Gasteiger partial charge in [0.25, 0.3) is 0 Å². The van der Waals surface area contributed by atoms with Crippen molar-refractivity contribution in [2.24, 2.45) is 4.99 Å². The van der Waals surface area contributed by atoms with Gasteiger partial charge in [-0.1, -0.05) is 24.3 Å². The van der Waals surface area contributed by atoms with Gasteiger partial charge in [-0.2, -0.15) is 8.78 Å². The Balaban J connectivity index is 1.90. The zero-order valence-corrected chi connectivity index (χ0v) is 13.8. The van der Waals surface area contributed by atoms with E-state index in [2.05, 4.69) is 9.73 Å². The summed E-state index contributed by atoms with van der Waals surface area (Å²) in [4.78, 5) is 16.2. The molecule has 0 aromatic heterocycles. The average molecular weight is 359 g/mol. The lowest BCUT2D eigenvalue weighted by molar-refractivity contribution is -0.129. The Morgan fingerprint density at radius 2 is 1.92 bits per heavy atom. The van der Waals surface area contributed by atoms with Gasteiger partial charge in [0.05, 0.1) is 6.61 Å². The highest BCUT2D eigenvalue weighted by molar-refractivity contribution is 6.12. The first kappa shape index (κ1) is 17.6. The van der Waals surface area contributed by atoms with Gasteiger partial charge in [0.2, 0.25) is 5.90 Å². The van der Waals surface area contributed by atoms with Crippen molar-refractivity contribution in [3.05, 3.63) is 65.4 Å². The zero-order chi connectivity index (χ0) is 18.5. The molecule has 1 aliphatic heterocycles. The summed E-state index contributed by atoms with van der Waals surface area (Å²) >= 11 is 0. The molecule has 2 aromatic carbocycles. The summed E-state index contributed by atoms with van der Waals surface area (Å²) in [5.41, 5.74) is 1.33. The van der Waals surface area contributed by atoms with E-state index in [1.807, 2.05) is 18.2 Å². The highest BCUT2D eigenvalue weighted by atomic mass is 19.3. The molecule has 2 aromatic rings. The molecular weight excluding hydrogens is 344 g/mol. The normalized spacial score (nSPS) is 15.2.